The van der Waals surface area contributed by atoms with Crippen molar-refractivity contribution in [3.63, 3.8) is 0 Å². The molecule has 0 saturated carbocycles. The van der Waals surface area contributed by atoms with Gasteiger partial charge in [0.05, 0.1) is 12.0 Å². The van der Waals surface area contributed by atoms with E-state index in [1.807, 2.05) is 13.0 Å². The predicted octanol–water partition coefficient (Wildman–Crippen LogP) is 3.44. The topological polar surface area (TPSA) is 94.4 Å². The highest BCUT2D eigenvalue weighted by atomic mass is 32.1. The van der Waals surface area contributed by atoms with Gasteiger partial charge in [-0.1, -0.05) is 13.0 Å². The van der Waals surface area contributed by atoms with E-state index >= 15 is 0 Å². The molecule has 0 aliphatic carbocycles. The molecule has 1 aliphatic heterocycles. The number of carbonyl (C=O) groups is 2. The van der Waals surface area contributed by atoms with Gasteiger partial charge >= 0.3 is 11.9 Å². The van der Waals surface area contributed by atoms with Crippen LogP contribution in [0.15, 0.2) is 35.0 Å². The summed E-state index contributed by atoms with van der Waals surface area (Å²) in [5.74, 6) is -0.653. The molecule has 28 heavy (non-hydrogen) atoms. The molecule has 1 aromatic heterocycles. The fourth-order valence-electron chi connectivity index (χ4n) is 2.68. The van der Waals surface area contributed by atoms with Crippen molar-refractivity contribution in [1.29, 1.82) is 0 Å². The Labute approximate surface area is 165 Å². The van der Waals surface area contributed by atoms with E-state index in [1.165, 1.54) is 12.0 Å². The number of hydrogen-bond acceptors (Lipinski definition) is 7. The van der Waals surface area contributed by atoms with Gasteiger partial charge in [0, 0.05) is 4.88 Å². The fraction of sp³-hybridized carbons (Fsp3) is 0.250. The summed E-state index contributed by atoms with van der Waals surface area (Å²) in [4.78, 5) is 29.2. The van der Waals surface area contributed by atoms with Crippen molar-refractivity contribution in [2.75, 3.05) is 13.7 Å². The number of carbonyl (C=O) groups excluding carboxylic acids is 1. The van der Waals surface area contributed by atoms with Gasteiger partial charge in [-0.2, -0.15) is 0 Å². The molecule has 0 saturated heterocycles. The number of aryl methyl sites for hydroxylation is 2. The number of cyclic esters (lactones) is 1. The van der Waals surface area contributed by atoms with Crippen molar-refractivity contribution in [3.05, 3.63) is 50.8 Å². The summed E-state index contributed by atoms with van der Waals surface area (Å²) in [6.07, 6.45) is 2.50. The molecule has 7 nitrogen and oxygen atoms in total. The Balaban J connectivity index is 1.86. The number of rotatable bonds is 7. The van der Waals surface area contributed by atoms with E-state index in [9.17, 15) is 9.59 Å². The third-order valence-corrected chi connectivity index (χ3v) is 5.38. The van der Waals surface area contributed by atoms with Gasteiger partial charge in [-0.25, -0.2) is 14.6 Å². The minimum Gasteiger partial charge on any atom is -0.493 e. The zero-order chi connectivity index (χ0) is 20.3. The number of methoxy groups -OCH3 is 1. The van der Waals surface area contributed by atoms with Crippen LogP contribution in [0, 0.1) is 6.92 Å². The summed E-state index contributed by atoms with van der Waals surface area (Å²) in [6.45, 7) is 3.62. The van der Waals surface area contributed by atoms with Crippen molar-refractivity contribution in [2.45, 2.75) is 20.3 Å². The van der Waals surface area contributed by atoms with Crippen LogP contribution in [0.2, 0.25) is 0 Å². The maximum absolute atomic E-state index is 12.2. The first-order chi connectivity index (χ1) is 13.4. The highest BCUT2D eigenvalue weighted by Crippen LogP contribution is 2.31. The van der Waals surface area contributed by atoms with E-state index in [-0.39, 0.29) is 5.70 Å². The Hall–Kier alpha value is -3.13. The summed E-state index contributed by atoms with van der Waals surface area (Å²) >= 11 is 1.56. The predicted molar refractivity (Wildman–Crippen MR) is 105 cm³/mol. The number of thiophene rings is 1. The largest absolute Gasteiger partial charge is 0.493 e. The molecule has 0 unspecified atom stereocenters. The molecule has 0 spiro atoms. The SMILES string of the molecule is CCc1sc(C2=NC(=Cc3ccc(OCC(=O)O)c(OC)c3)C(=O)O2)cc1C. The smallest absolute Gasteiger partial charge is 0.363 e. The first kappa shape index (κ1) is 19.6. The van der Waals surface area contributed by atoms with Crippen molar-refractivity contribution in [1.82, 2.24) is 0 Å². The minimum absolute atomic E-state index is 0.181. The van der Waals surface area contributed by atoms with E-state index in [2.05, 4.69) is 11.9 Å². The summed E-state index contributed by atoms with van der Waals surface area (Å²) < 4.78 is 15.7. The number of benzene rings is 1. The van der Waals surface area contributed by atoms with Gasteiger partial charge in [-0.3, -0.25) is 0 Å². The number of carboxylic acids is 1. The highest BCUT2D eigenvalue weighted by Gasteiger charge is 2.26. The molecule has 8 heteroatoms. The van der Waals surface area contributed by atoms with Crippen molar-refractivity contribution in [2.24, 2.45) is 4.99 Å². The van der Waals surface area contributed by atoms with Gasteiger partial charge in [-0.15, -0.1) is 11.3 Å². The zero-order valence-corrected chi connectivity index (χ0v) is 16.5. The van der Waals surface area contributed by atoms with E-state index in [0.29, 0.717) is 23.0 Å². The van der Waals surface area contributed by atoms with Crippen LogP contribution in [0.1, 0.15) is 27.8 Å². The quantitative estimate of drug-likeness (QED) is 0.564. The Bertz CT molecular complexity index is 989. The van der Waals surface area contributed by atoms with E-state index in [1.54, 1.807) is 35.6 Å². The summed E-state index contributed by atoms with van der Waals surface area (Å²) in [5.41, 5.74) is 1.98. The molecule has 0 radical (unpaired) electrons. The number of esters is 1. The lowest BCUT2D eigenvalue weighted by molar-refractivity contribution is -0.139. The summed E-state index contributed by atoms with van der Waals surface area (Å²) in [5, 5.41) is 8.72. The molecular weight excluding hydrogens is 382 g/mol. The van der Waals surface area contributed by atoms with E-state index in [4.69, 9.17) is 19.3 Å². The number of aliphatic imine (C=N–C) groups is 1. The maximum Gasteiger partial charge on any atom is 0.363 e. The zero-order valence-electron chi connectivity index (χ0n) is 15.6. The molecule has 0 amide bonds. The van der Waals surface area contributed by atoms with Gasteiger partial charge in [0.15, 0.2) is 23.8 Å². The lowest BCUT2D eigenvalue weighted by Crippen LogP contribution is -2.10. The molecule has 1 N–H and O–H groups in total. The van der Waals surface area contributed by atoms with Crippen molar-refractivity contribution < 1.29 is 28.9 Å². The second-order valence-corrected chi connectivity index (χ2v) is 7.14. The Morgan fingerprint density at radius 1 is 1.32 bits per heavy atom. The van der Waals surface area contributed by atoms with Gasteiger partial charge in [0.25, 0.3) is 0 Å². The molecule has 1 aliphatic rings. The Morgan fingerprint density at radius 2 is 2.11 bits per heavy atom. The lowest BCUT2D eigenvalue weighted by Gasteiger charge is -2.09. The molecular formula is C20H19NO6S. The van der Waals surface area contributed by atoms with Gasteiger partial charge in [0.1, 0.15) is 0 Å². The monoisotopic (exact) mass is 401 g/mol. The standard InChI is InChI=1S/C20H19NO6S/c1-4-16-11(2)7-17(28-16)19-21-13(20(24)27-19)8-12-5-6-14(15(9-12)25-3)26-10-18(22)23/h5-9H,4,10H2,1-3H3,(H,22,23). The minimum atomic E-state index is -1.08. The van der Waals surface area contributed by atoms with Gasteiger partial charge in [0.2, 0.25) is 5.90 Å². The van der Waals surface area contributed by atoms with Crippen molar-refractivity contribution in [3.8, 4) is 11.5 Å². The number of hydrogen-bond donors (Lipinski definition) is 1. The molecule has 2 aromatic rings. The summed E-state index contributed by atoms with van der Waals surface area (Å²) in [6, 6.07) is 6.86. The number of aliphatic carboxylic acids is 1. The van der Waals surface area contributed by atoms with Crippen LogP contribution in [0.25, 0.3) is 6.08 Å². The molecule has 0 atom stereocenters. The normalized spacial score (nSPS) is 14.8. The third kappa shape index (κ3) is 4.23. The maximum atomic E-state index is 12.2. The first-order valence-corrected chi connectivity index (χ1v) is 9.37. The van der Waals surface area contributed by atoms with Crippen LogP contribution < -0.4 is 9.47 Å². The molecule has 2 heterocycles. The Morgan fingerprint density at radius 3 is 2.75 bits per heavy atom. The molecule has 0 fully saturated rings. The van der Waals surface area contributed by atoms with E-state index < -0.39 is 18.5 Å². The average molecular weight is 401 g/mol. The van der Waals surface area contributed by atoms with Crippen LogP contribution in [0.4, 0.5) is 0 Å². The lowest BCUT2D eigenvalue weighted by atomic mass is 10.1. The van der Waals surface area contributed by atoms with Crippen LogP contribution in [0.3, 0.4) is 0 Å². The van der Waals surface area contributed by atoms with Crippen LogP contribution in [-0.2, 0) is 20.7 Å². The number of nitrogens with zero attached hydrogens (tertiary/aromatic N) is 1. The van der Waals surface area contributed by atoms with Gasteiger partial charge in [-0.05, 0) is 48.7 Å². The van der Waals surface area contributed by atoms with Crippen molar-refractivity contribution >= 4 is 35.2 Å². The molecule has 0 bridgehead atoms. The van der Waals surface area contributed by atoms with Crippen LogP contribution in [-0.4, -0.2) is 36.7 Å². The van der Waals surface area contributed by atoms with E-state index in [0.717, 1.165) is 16.9 Å². The number of carboxylic acid groups (broad SMARTS) is 1. The highest BCUT2D eigenvalue weighted by molar-refractivity contribution is 7.14. The second-order valence-electron chi connectivity index (χ2n) is 6.00. The number of ether oxygens (including phenoxy) is 3. The fourth-order valence-corrected chi connectivity index (χ4v) is 3.72. The Kier molecular flexibility index (Phi) is 5.79. The van der Waals surface area contributed by atoms with Crippen LogP contribution in [0.5, 0.6) is 11.5 Å². The summed E-state index contributed by atoms with van der Waals surface area (Å²) in [7, 11) is 1.45. The molecule has 1 aromatic carbocycles. The first-order valence-electron chi connectivity index (χ1n) is 8.56. The van der Waals surface area contributed by atoms with Crippen LogP contribution >= 0.6 is 11.3 Å². The molecule has 3 rings (SSSR count). The van der Waals surface area contributed by atoms with Gasteiger partial charge < -0.3 is 19.3 Å². The third-order valence-electron chi connectivity index (χ3n) is 4.02. The molecule has 146 valence electrons. The second kappa shape index (κ2) is 8.26. The average Bonchev–Trinajstić information content (AvgIpc) is 3.22.